The summed E-state index contributed by atoms with van der Waals surface area (Å²) in [4.78, 5) is 4.24. The summed E-state index contributed by atoms with van der Waals surface area (Å²) in [6.07, 6.45) is 4.36. The Bertz CT molecular complexity index is 565. The van der Waals surface area contributed by atoms with Crippen molar-refractivity contribution in [1.82, 2.24) is 10.3 Å². The number of methoxy groups -OCH3 is 1. The smallest absolute Gasteiger partial charge is 0.219 e. The van der Waals surface area contributed by atoms with Gasteiger partial charge >= 0.3 is 0 Å². The fourth-order valence-corrected chi connectivity index (χ4v) is 1.93. The molecular weight excluding hydrogens is 252 g/mol. The summed E-state index contributed by atoms with van der Waals surface area (Å²) in [6.45, 7) is 0.867. The number of pyridine rings is 1. The zero-order chi connectivity index (χ0) is 13.8. The average molecular weight is 270 g/mol. The third-order valence-electron chi connectivity index (χ3n) is 3.25. The Morgan fingerprint density at radius 1 is 1.15 bits per heavy atom. The third-order valence-corrected chi connectivity index (χ3v) is 3.25. The second-order valence-electron chi connectivity index (χ2n) is 4.94. The number of hydrogen-bond acceptors (Lipinski definition) is 4. The molecule has 104 valence electrons. The maximum Gasteiger partial charge on any atom is 0.219 e. The number of nitrogens with zero attached hydrogens (tertiary/aromatic N) is 1. The van der Waals surface area contributed by atoms with Crippen molar-refractivity contribution in [3.8, 4) is 17.4 Å². The van der Waals surface area contributed by atoms with Crippen molar-refractivity contribution < 1.29 is 9.47 Å². The first-order chi connectivity index (χ1) is 9.83. The molecule has 20 heavy (non-hydrogen) atoms. The van der Waals surface area contributed by atoms with Crippen LogP contribution in [0.25, 0.3) is 0 Å². The molecule has 0 unspecified atom stereocenters. The first-order valence-corrected chi connectivity index (χ1v) is 6.84. The molecule has 0 saturated heterocycles. The van der Waals surface area contributed by atoms with Crippen molar-refractivity contribution in [3.05, 3.63) is 48.2 Å². The van der Waals surface area contributed by atoms with E-state index in [-0.39, 0.29) is 0 Å². The molecule has 0 spiro atoms. The molecule has 4 heteroatoms. The van der Waals surface area contributed by atoms with E-state index in [1.807, 2.05) is 36.4 Å². The van der Waals surface area contributed by atoms with Crippen LogP contribution in [0.2, 0.25) is 0 Å². The van der Waals surface area contributed by atoms with Gasteiger partial charge in [0, 0.05) is 24.8 Å². The van der Waals surface area contributed by atoms with Gasteiger partial charge in [0.1, 0.15) is 11.5 Å². The molecule has 0 aliphatic heterocycles. The van der Waals surface area contributed by atoms with E-state index >= 15 is 0 Å². The minimum absolute atomic E-state index is 0.616. The highest BCUT2D eigenvalue weighted by molar-refractivity contribution is 5.34. The first-order valence-electron chi connectivity index (χ1n) is 6.84. The molecule has 1 aromatic carbocycles. The van der Waals surface area contributed by atoms with Crippen molar-refractivity contribution in [3.63, 3.8) is 0 Å². The lowest BCUT2D eigenvalue weighted by atomic mass is 10.2. The Hall–Kier alpha value is -2.07. The van der Waals surface area contributed by atoms with E-state index in [4.69, 9.17) is 9.47 Å². The van der Waals surface area contributed by atoms with E-state index in [0.717, 1.165) is 18.0 Å². The molecule has 1 fully saturated rings. The van der Waals surface area contributed by atoms with Gasteiger partial charge in [0.2, 0.25) is 5.88 Å². The molecule has 0 atom stereocenters. The van der Waals surface area contributed by atoms with E-state index < -0.39 is 0 Å². The molecule has 3 rings (SSSR count). The molecule has 1 aliphatic rings. The van der Waals surface area contributed by atoms with E-state index in [0.29, 0.717) is 11.9 Å². The average Bonchev–Trinajstić information content (AvgIpc) is 3.31. The lowest BCUT2D eigenvalue weighted by molar-refractivity contribution is 0.412. The van der Waals surface area contributed by atoms with Crippen LogP contribution in [0.4, 0.5) is 0 Å². The summed E-state index contributed by atoms with van der Waals surface area (Å²) >= 11 is 0. The topological polar surface area (TPSA) is 43.4 Å². The molecule has 0 radical (unpaired) electrons. The van der Waals surface area contributed by atoms with Crippen molar-refractivity contribution in [1.29, 1.82) is 0 Å². The number of nitrogens with one attached hydrogen (secondary N) is 1. The largest absolute Gasteiger partial charge is 0.497 e. The van der Waals surface area contributed by atoms with E-state index in [1.165, 1.54) is 18.4 Å². The fourth-order valence-electron chi connectivity index (χ4n) is 1.93. The molecule has 1 saturated carbocycles. The summed E-state index contributed by atoms with van der Waals surface area (Å²) in [5.41, 5.74) is 1.19. The monoisotopic (exact) mass is 270 g/mol. The number of ether oxygens (including phenoxy) is 2. The van der Waals surface area contributed by atoms with Crippen LogP contribution in [0.15, 0.2) is 42.6 Å². The van der Waals surface area contributed by atoms with Crippen molar-refractivity contribution in [2.75, 3.05) is 7.11 Å². The second kappa shape index (κ2) is 5.92. The predicted molar refractivity (Wildman–Crippen MR) is 77.2 cm³/mol. The van der Waals surface area contributed by atoms with Crippen LogP contribution < -0.4 is 14.8 Å². The molecule has 1 aliphatic carbocycles. The maximum atomic E-state index is 5.75. The van der Waals surface area contributed by atoms with Crippen LogP contribution in [0.5, 0.6) is 17.4 Å². The van der Waals surface area contributed by atoms with Gasteiger partial charge in [0.25, 0.3) is 0 Å². The van der Waals surface area contributed by atoms with Crippen LogP contribution in [0.3, 0.4) is 0 Å². The van der Waals surface area contributed by atoms with Gasteiger partial charge in [0.05, 0.1) is 7.11 Å². The highest BCUT2D eigenvalue weighted by atomic mass is 16.5. The SMILES string of the molecule is COc1ccc(Oc2cc(CNC3CC3)ccn2)cc1. The van der Waals surface area contributed by atoms with Gasteiger partial charge in [-0.25, -0.2) is 4.98 Å². The van der Waals surface area contributed by atoms with Crippen molar-refractivity contribution in [2.45, 2.75) is 25.4 Å². The molecule has 1 heterocycles. The van der Waals surface area contributed by atoms with Crippen LogP contribution >= 0.6 is 0 Å². The Labute approximate surface area is 118 Å². The predicted octanol–water partition coefficient (Wildman–Crippen LogP) is 3.13. The minimum atomic E-state index is 0.616. The van der Waals surface area contributed by atoms with Crippen molar-refractivity contribution in [2.24, 2.45) is 0 Å². The third kappa shape index (κ3) is 3.48. The van der Waals surface area contributed by atoms with Gasteiger partial charge in [0.15, 0.2) is 0 Å². The zero-order valence-electron chi connectivity index (χ0n) is 11.5. The summed E-state index contributed by atoms with van der Waals surface area (Å²) in [7, 11) is 1.65. The molecule has 2 aromatic rings. The van der Waals surface area contributed by atoms with Gasteiger partial charge in [-0.2, -0.15) is 0 Å². The standard InChI is InChI=1S/C16H18N2O2/c1-19-14-4-6-15(7-5-14)20-16-10-12(8-9-17-16)11-18-13-2-3-13/h4-10,13,18H,2-3,11H2,1H3. The molecule has 1 N–H and O–H groups in total. The van der Waals surface area contributed by atoms with Crippen LogP contribution in [0, 0.1) is 0 Å². The normalized spacial score (nSPS) is 14.1. The number of benzene rings is 1. The summed E-state index contributed by atoms with van der Waals surface area (Å²) in [5.74, 6) is 2.18. The van der Waals surface area contributed by atoms with Gasteiger partial charge in [-0.1, -0.05) is 0 Å². The Kier molecular flexibility index (Phi) is 3.83. The highest BCUT2D eigenvalue weighted by Gasteiger charge is 2.19. The van der Waals surface area contributed by atoms with E-state index in [9.17, 15) is 0 Å². The molecule has 0 amide bonds. The summed E-state index contributed by atoms with van der Waals surface area (Å²) < 4.78 is 10.9. The second-order valence-corrected chi connectivity index (χ2v) is 4.94. The Morgan fingerprint density at radius 3 is 2.60 bits per heavy atom. The maximum absolute atomic E-state index is 5.75. The molecule has 1 aromatic heterocycles. The van der Waals surface area contributed by atoms with E-state index in [2.05, 4.69) is 10.3 Å². The summed E-state index contributed by atoms with van der Waals surface area (Å²) in [6, 6.07) is 12.2. The number of rotatable bonds is 6. The molecule has 0 bridgehead atoms. The lowest BCUT2D eigenvalue weighted by Crippen LogP contribution is -2.15. The summed E-state index contributed by atoms with van der Waals surface area (Å²) in [5, 5.41) is 3.48. The zero-order valence-corrected chi connectivity index (χ0v) is 11.5. The first kappa shape index (κ1) is 12.9. The van der Waals surface area contributed by atoms with Crippen LogP contribution in [0.1, 0.15) is 18.4 Å². The van der Waals surface area contributed by atoms with Crippen LogP contribution in [-0.2, 0) is 6.54 Å². The lowest BCUT2D eigenvalue weighted by Gasteiger charge is -2.08. The molecule has 4 nitrogen and oxygen atoms in total. The molecular formula is C16H18N2O2. The fraction of sp³-hybridized carbons (Fsp3) is 0.312. The Morgan fingerprint density at radius 2 is 1.90 bits per heavy atom. The van der Waals surface area contributed by atoms with Gasteiger partial charge in [-0.15, -0.1) is 0 Å². The number of aromatic nitrogens is 1. The van der Waals surface area contributed by atoms with Gasteiger partial charge in [-0.05, 0) is 48.7 Å². The Balaban J connectivity index is 1.64. The van der Waals surface area contributed by atoms with Gasteiger partial charge in [-0.3, -0.25) is 0 Å². The quantitative estimate of drug-likeness (QED) is 0.875. The van der Waals surface area contributed by atoms with Gasteiger partial charge < -0.3 is 14.8 Å². The highest BCUT2D eigenvalue weighted by Crippen LogP contribution is 2.23. The number of hydrogen-bond donors (Lipinski definition) is 1. The van der Waals surface area contributed by atoms with E-state index in [1.54, 1.807) is 13.3 Å². The van der Waals surface area contributed by atoms with Crippen LogP contribution in [-0.4, -0.2) is 18.1 Å². The van der Waals surface area contributed by atoms with Crippen molar-refractivity contribution >= 4 is 0 Å². The minimum Gasteiger partial charge on any atom is -0.497 e.